The lowest BCUT2D eigenvalue weighted by atomic mass is 9.97. The lowest BCUT2D eigenvalue weighted by molar-refractivity contribution is -0.150. The van der Waals surface area contributed by atoms with E-state index in [1.54, 1.807) is 0 Å². The molecule has 3 unspecified atom stereocenters. The maximum Gasteiger partial charge on any atom is 0.333 e. The Kier molecular flexibility index (Phi) is 5.89. The van der Waals surface area contributed by atoms with Crippen molar-refractivity contribution in [3.63, 3.8) is 0 Å². The van der Waals surface area contributed by atoms with Crippen LogP contribution in [0, 0.1) is 11.3 Å². The fourth-order valence-corrected chi connectivity index (χ4v) is 2.44. The lowest BCUT2D eigenvalue weighted by Gasteiger charge is -2.11. The summed E-state index contributed by atoms with van der Waals surface area (Å²) in [6, 6.07) is 0. The quantitative estimate of drug-likeness (QED) is 0.473. The van der Waals surface area contributed by atoms with E-state index in [1.807, 2.05) is 0 Å². The molecule has 8 nitrogen and oxygen atoms in total. The van der Waals surface area contributed by atoms with Gasteiger partial charge in [0.1, 0.15) is 11.5 Å². The van der Waals surface area contributed by atoms with E-state index < -0.39 is 47.7 Å². The Morgan fingerprint density at radius 2 is 1.58 bits per heavy atom. The molecule has 0 heterocycles. The van der Waals surface area contributed by atoms with Crippen LogP contribution < -0.4 is 0 Å². The van der Waals surface area contributed by atoms with E-state index in [9.17, 15) is 24.3 Å². The summed E-state index contributed by atoms with van der Waals surface area (Å²) in [6.45, 7) is 9.34. The number of hydrogen-bond acceptors (Lipinski definition) is 6. The summed E-state index contributed by atoms with van der Waals surface area (Å²) in [5, 5.41) is 18.3. The van der Waals surface area contributed by atoms with E-state index >= 15 is 0 Å². The van der Waals surface area contributed by atoms with Gasteiger partial charge < -0.3 is 19.7 Å². The second-order valence-electron chi connectivity index (χ2n) is 5.83. The van der Waals surface area contributed by atoms with Crippen LogP contribution in [0.4, 0.5) is 0 Å². The van der Waals surface area contributed by atoms with Crippen LogP contribution >= 0.6 is 0 Å². The number of rotatable bonds is 9. The molecule has 0 amide bonds. The minimum absolute atomic E-state index is 0.0807. The Morgan fingerprint density at radius 1 is 1.04 bits per heavy atom. The Balaban J connectivity index is 2.95. The Labute approximate surface area is 138 Å². The molecule has 1 fully saturated rings. The zero-order valence-electron chi connectivity index (χ0n) is 13.5. The first-order valence-corrected chi connectivity index (χ1v) is 7.18. The molecule has 0 aromatic rings. The van der Waals surface area contributed by atoms with E-state index in [2.05, 4.69) is 13.2 Å². The molecule has 0 aromatic heterocycles. The Hall–Kier alpha value is -2.64. The third kappa shape index (κ3) is 4.01. The summed E-state index contributed by atoms with van der Waals surface area (Å²) < 4.78 is 10.1. The zero-order valence-corrected chi connectivity index (χ0v) is 13.5. The highest BCUT2D eigenvalue weighted by Gasteiger charge is 2.73. The first kappa shape index (κ1) is 19.4. The third-order valence-electron chi connectivity index (χ3n) is 3.90. The highest BCUT2D eigenvalue weighted by molar-refractivity contribution is 5.89. The average molecular weight is 340 g/mol. The van der Waals surface area contributed by atoms with Crippen molar-refractivity contribution in [2.75, 3.05) is 6.61 Å². The molecule has 1 aliphatic carbocycles. The van der Waals surface area contributed by atoms with Crippen molar-refractivity contribution in [2.45, 2.75) is 32.8 Å². The van der Waals surface area contributed by atoms with Crippen molar-refractivity contribution in [3.05, 3.63) is 24.3 Å². The normalized spacial score (nSPS) is 24.6. The molecule has 0 aliphatic heterocycles. The number of hydrogen-bond donors (Lipinski definition) is 2. The van der Waals surface area contributed by atoms with Crippen LogP contribution in [0.3, 0.4) is 0 Å². The number of carboxylic acids is 2. The van der Waals surface area contributed by atoms with Crippen molar-refractivity contribution in [2.24, 2.45) is 11.3 Å². The molecule has 132 valence electrons. The molecule has 0 saturated heterocycles. The van der Waals surface area contributed by atoms with Gasteiger partial charge in [-0.1, -0.05) is 13.2 Å². The van der Waals surface area contributed by atoms with Gasteiger partial charge in [0.25, 0.3) is 0 Å². The standard InChI is InChI=1S/C16H20O8/c1-8(2)13(19)23-7-10-12(24-14(20)9(3)4)16(10,15(21)22)6-5-11(17)18/h10,12H,1,3,5-7H2,2,4H3,(H,17,18)(H,21,22). The van der Waals surface area contributed by atoms with Gasteiger partial charge in [-0.2, -0.15) is 0 Å². The summed E-state index contributed by atoms with van der Waals surface area (Å²) in [5.74, 6) is -4.80. The number of carbonyl (C=O) groups is 4. The number of carboxylic acid groups (broad SMARTS) is 2. The van der Waals surface area contributed by atoms with E-state index in [4.69, 9.17) is 14.6 Å². The molecule has 1 rings (SSSR count). The van der Waals surface area contributed by atoms with Crippen molar-refractivity contribution in [1.82, 2.24) is 0 Å². The van der Waals surface area contributed by atoms with Crippen LogP contribution in [0.25, 0.3) is 0 Å². The second-order valence-corrected chi connectivity index (χ2v) is 5.83. The molecular formula is C16H20O8. The SMILES string of the molecule is C=C(C)C(=O)OCC1C(OC(=O)C(=C)C)C1(CCC(=O)O)C(=O)O. The topological polar surface area (TPSA) is 127 Å². The van der Waals surface area contributed by atoms with Gasteiger partial charge >= 0.3 is 23.9 Å². The molecular weight excluding hydrogens is 320 g/mol. The maximum absolute atomic E-state index is 11.7. The summed E-state index contributed by atoms with van der Waals surface area (Å²) in [5.41, 5.74) is -1.38. The van der Waals surface area contributed by atoms with E-state index in [0.717, 1.165) is 0 Å². The van der Waals surface area contributed by atoms with Crippen molar-refractivity contribution < 1.29 is 38.9 Å². The summed E-state index contributed by atoms with van der Waals surface area (Å²) in [6.07, 6.45) is -1.75. The van der Waals surface area contributed by atoms with Gasteiger partial charge in [-0.3, -0.25) is 9.59 Å². The molecule has 0 radical (unpaired) electrons. The van der Waals surface area contributed by atoms with Gasteiger partial charge in [-0.05, 0) is 20.3 Å². The number of ether oxygens (including phenoxy) is 2. The van der Waals surface area contributed by atoms with Gasteiger partial charge in [0.15, 0.2) is 0 Å². The third-order valence-corrected chi connectivity index (χ3v) is 3.90. The molecule has 0 spiro atoms. The van der Waals surface area contributed by atoms with E-state index in [-0.39, 0.29) is 24.2 Å². The fourth-order valence-electron chi connectivity index (χ4n) is 2.44. The molecule has 1 aliphatic rings. The van der Waals surface area contributed by atoms with E-state index in [1.165, 1.54) is 13.8 Å². The fraction of sp³-hybridized carbons (Fsp3) is 0.500. The van der Waals surface area contributed by atoms with Crippen LogP contribution in [0.1, 0.15) is 26.7 Å². The largest absolute Gasteiger partial charge is 0.481 e. The van der Waals surface area contributed by atoms with Gasteiger partial charge in [-0.15, -0.1) is 0 Å². The minimum atomic E-state index is -1.60. The molecule has 24 heavy (non-hydrogen) atoms. The molecule has 1 saturated carbocycles. The van der Waals surface area contributed by atoms with Crippen LogP contribution in [-0.2, 0) is 28.7 Å². The summed E-state index contributed by atoms with van der Waals surface area (Å²) in [4.78, 5) is 45.6. The molecule has 8 heteroatoms. The smallest absolute Gasteiger partial charge is 0.333 e. The number of aliphatic carboxylic acids is 2. The zero-order chi connectivity index (χ0) is 18.7. The second kappa shape index (κ2) is 7.29. The molecule has 0 bridgehead atoms. The van der Waals surface area contributed by atoms with Crippen molar-refractivity contribution in [3.8, 4) is 0 Å². The van der Waals surface area contributed by atoms with Gasteiger partial charge in [0, 0.05) is 17.6 Å². The Bertz CT molecular complexity index is 605. The van der Waals surface area contributed by atoms with Crippen LogP contribution in [-0.4, -0.2) is 46.8 Å². The molecule has 0 aromatic carbocycles. The lowest BCUT2D eigenvalue weighted by Crippen LogP contribution is -2.24. The number of esters is 2. The monoisotopic (exact) mass is 340 g/mol. The first-order chi connectivity index (χ1) is 11.0. The van der Waals surface area contributed by atoms with Gasteiger partial charge in [0.2, 0.25) is 0 Å². The maximum atomic E-state index is 11.7. The van der Waals surface area contributed by atoms with Crippen LogP contribution in [0.2, 0.25) is 0 Å². The molecule has 3 atom stereocenters. The van der Waals surface area contributed by atoms with E-state index in [0.29, 0.717) is 0 Å². The van der Waals surface area contributed by atoms with Crippen LogP contribution in [0.15, 0.2) is 24.3 Å². The molecule has 2 N–H and O–H groups in total. The van der Waals surface area contributed by atoms with Crippen LogP contribution in [0.5, 0.6) is 0 Å². The number of carbonyl (C=O) groups excluding carboxylic acids is 2. The Morgan fingerprint density at radius 3 is 2.00 bits per heavy atom. The highest BCUT2D eigenvalue weighted by atomic mass is 16.6. The highest BCUT2D eigenvalue weighted by Crippen LogP contribution is 2.58. The van der Waals surface area contributed by atoms with Crippen molar-refractivity contribution in [1.29, 1.82) is 0 Å². The summed E-state index contributed by atoms with van der Waals surface area (Å²) >= 11 is 0. The van der Waals surface area contributed by atoms with Gasteiger partial charge in [0.05, 0.1) is 12.5 Å². The summed E-state index contributed by atoms with van der Waals surface area (Å²) in [7, 11) is 0. The average Bonchev–Trinajstić information content (AvgIpc) is 3.09. The predicted octanol–water partition coefficient (Wildman–Crippen LogP) is 1.16. The minimum Gasteiger partial charge on any atom is -0.481 e. The first-order valence-electron chi connectivity index (χ1n) is 7.18. The predicted molar refractivity (Wildman–Crippen MR) is 80.9 cm³/mol. The van der Waals surface area contributed by atoms with Crippen molar-refractivity contribution >= 4 is 23.9 Å². The van der Waals surface area contributed by atoms with Gasteiger partial charge in [-0.25, -0.2) is 9.59 Å².